The molecule has 1 aromatic carbocycles. The zero-order chi connectivity index (χ0) is 14.7. The smallest absolute Gasteiger partial charge is 0.251 e. The third kappa shape index (κ3) is 3.19. The van der Waals surface area contributed by atoms with Gasteiger partial charge in [-0.3, -0.25) is 4.79 Å². The molecule has 0 fully saturated rings. The van der Waals surface area contributed by atoms with E-state index in [4.69, 9.17) is 0 Å². The van der Waals surface area contributed by atoms with Crippen molar-refractivity contribution in [2.45, 2.75) is 6.54 Å². The van der Waals surface area contributed by atoms with Gasteiger partial charge in [-0.25, -0.2) is 4.98 Å². The number of rotatable bonds is 4. The molecule has 0 radical (unpaired) electrons. The van der Waals surface area contributed by atoms with Gasteiger partial charge in [0, 0.05) is 31.2 Å². The third-order valence-corrected chi connectivity index (χ3v) is 3.53. The molecule has 2 rings (SSSR count). The Balaban J connectivity index is 2.02. The van der Waals surface area contributed by atoms with Crippen molar-refractivity contribution in [3.63, 3.8) is 0 Å². The van der Waals surface area contributed by atoms with E-state index in [-0.39, 0.29) is 5.91 Å². The predicted octanol–water partition coefficient (Wildman–Crippen LogP) is 2.18. The number of aromatic nitrogens is 2. The summed E-state index contributed by atoms with van der Waals surface area (Å²) >= 11 is 3.35. The molecular weight excluding hydrogens is 320 g/mol. The van der Waals surface area contributed by atoms with Crippen LogP contribution in [0.5, 0.6) is 0 Å². The van der Waals surface area contributed by atoms with Crippen LogP contribution in [0.2, 0.25) is 0 Å². The van der Waals surface area contributed by atoms with Crippen LogP contribution in [0.3, 0.4) is 0 Å². The van der Waals surface area contributed by atoms with E-state index < -0.39 is 0 Å². The molecule has 1 heterocycles. The fourth-order valence-electron chi connectivity index (χ4n) is 1.89. The van der Waals surface area contributed by atoms with Crippen molar-refractivity contribution in [2.24, 2.45) is 7.05 Å². The maximum Gasteiger partial charge on any atom is 0.251 e. The SMILES string of the molecule is CN(C)c1ncc(CNC(=O)c2ccc(Br)cc2)n1C. The van der Waals surface area contributed by atoms with Crippen LogP contribution in [0.25, 0.3) is 0 Å². The molecule has 0 aliphatic rings. The Morgan fingerprint density at radius 1 is 1.35 bits per heavy atom. The summed E-state index contributed by atoms with van der Waals surface area (Å²) in [6.07, 6.45) is 1.77. The first-order valence-electron chi connectivity index (χ1n) is 6.20. The van der Waals surface area contributed by atoms with Gasteiger partial charge in [0.15, 0.2) is 0 Å². The Kier molecular flexibility index (Phi) is 4.44. The molecule has 0 bridgehead atoms. The van der Waals surface area contributed by atoms with E-state index in [9.17, 15) is 4.79 Å². The van der Waals surface area contributed by atoms with Crippen LogP contribution in [-0.4, -0.2) is 29.6 Å². The maximum absolute atomic E-state index is 12.0. The first kappa shape index (κ1) is 14.6. The van der Waals surface area contributed by atoms with Crippen molar-refractivity contribution >= 4 is 27.8 Å². The molecule has 0 saturated heterocycles. The van der Waals surface area contributed by atoms with Crippen molar-refractivity contribution in [3.8, 4) is 0 Å². The normalized spacial score (nSPS) is 10.4. The van der Waals surface area contributed by atoms with Gasteiger partial charge in [-0.2, -0.15) is 0 Å². The summed E-state index contributed by atoms with van der Waals surface area (Å²) in [6.45, 7) is 0.451. The largest absolute Gasteiger partial charge is 0.348 e. The summed E-state index contributed by atoms with van der Waals surface area (Å²) in [5.74, 6) is 0.767. The molecule has 0 unspecified atom stereocenters. The van der Waals surface area contributed by atoms with E-state index in [1.165, 1.54) is 0 Å². The van der Waals surface area contributed by atoms with Crippen LogP contribution in [0.4, 0.5) is 5.95 Å². The Hall–Kier alpha value is -1.82. The van der Waals surface area contributed by atoms with Gasteiger partial charge >= 0.3 is 0 Å². The second-order valence-corrected chi connectivity index (χ2v) is 5.61. The van der Waals surface area contributed by atoms with Crippen LogP contribution in [-0.2, 0) is 13.6 Å². The number of amides is 1. The third-order valence-electron chi connectivity index (χ3n) is 3.00. The highest BCUT2D eigenvalue weighted by Gasteiger charge is 2.10. The average Bonchev–Trinajstić information content (AvgIpc) is 2.78. The van der Waals surface area contributed by atoms with Gasteiger partial charge in [-0.15, -0.1) is 0 Å². The number of carbonyl (C=O) groups is 1. The average molecular weight is 337 g/mol. The molecule has 0 spiro atoms. The maximum atomic E-state index is 12.0. The number of imidazole rings is 1. The summed E-state index contributed by atoms with van der Waals surface area (Å²) in [5, 5.41) is 2.89. The minimum Gasteiger partial charge on any atom is -0.348 e. The van der Waals surface area contributed by atoms with E-state index in [1.807, 2.05) is 42.7 Å². The lowest BCUT2D eigenvalue weighted by Gasteiger charge is -2.13. The van der Waals surface area contributed by atoms with E-state index in [0.29, 0.717) is 12.1 Å². The second kappa shape index (κ2) is 6.09. The molecule has 20 heavy (non-hydrogen) atoms. The Morgan fingerprint density at radius 3 is 2.55 bits per heavy atom. The standard InChI is InChI=1S/C14H17BrN4O/c1-18(2)14-17-9-12(19(14)3)8-16-13(20)10-4-6-11(15)7-5-10/h4-7,9H,8H2,1-3H3,(H,16,20). The molecule has 0 atom stereocenters. The number of nitrogens with one attached hydrogen (secondary N) is 1. The molecule has 1 amide bonds. The Bertz CT molecular complexity index is 604. The summed E-state index contributed by atoms with van der Waals surface area (Å²) < 4.78 is 2.92. The van der Waals surface area contributed by atoms with Gasteiger partial charge in [0.05, 0.1) is 18.4 Å². The van der Waals surface area contributed by atoms with Gasteiger partial charge in [0.1, 0.15) is 0 Å². The van der Waals surface area contributed by atoms with Crippen LogP contribution >= 0.6 is 15.9 Å². The second-order valence-electron chi connectivity index (χ2n) is 4.69. The molecule has 1 N–H and O–H groups in total. The minimum absolute atomic E-state index is 0.0925. The Morgan fingerprint density at radius 2 is 2.00 bits per heavy atom. The summed E-state index contributed by atoms with van der Waals surface area (Å²) in [5.41, 5.74) is 1.60. The number of halogens is 1. The Labute approximate surface area is 126 Å². The van der Waals surface area contributed by atoms with E-state index >= 15 is 0 Å². The number of benzene rings is 1. The van der Waals surface area contributed by atoms with Gasteiger partial charge in [0.25, 0.3) is 5.91 Å². The fourth-order valence-corrected chi connectivity index (χ4v) is 2.15. The lowest BCUT2D eigenvalue weighted by Crippen LogP contribution is -2.24. The zero-order valence-electron chi connectivity index (χ0n) is 11.7. The molecule has 6 heteroatoms. The lowest BCUT2D eigenvalue weighted by atomic mass is 10.2. The highest BCUT2D eigenvalue weighted by atomic mass is 79.9. The predicted molar refractivity (Wildman–Crippen MR) is 82.8 cm³/mol. The number of carbonyl (C=O) groups excluding carboxylic acids is 1. The van der Waals surface area contributed by atoms with Gasteiger partial charge in [-0.1, -0.05) is 15.9 Å². The van der Waals surface area contributed by atoms with Crippen LogP contribution in [0.1, 0.15) is 16.1 Å². The first-order chi connectivity index (χ1) is 9.49. The topological polar surface area (TPSA) is 50.2 Å². The van der Waals surface area contributed by atoms with Crippen LogP contribution in [0.15, 0.2) is 34.9 Å². The number of hydrogen-bond acceptors (Lipinski definition) is 3. The van der Waals surface area contributed by atoms with Crippen molar-refractivity contribution in [1.82, 2.24) is 14.9 Å². The highest BCUT2D eigenvalue weighted by molar-refractivity contribution is 9.10. The van der Waals surface area contributed by atoms with Crippen molar-refractivity contribution in [1.29, 1.82) is 0 Å². The summed E-state index contributed by atoms with van der Waals surface area (Å²) in [7, 11) is 5.81. The number of nitrogens with zero attached hydrogens (tertiary/aromatic N) is 3. The van der Waals surface area contributed by atoms with Crippen molar-refractivity contribution < 1.29 is 4.79 Å². The lowest BCUT2D eigenvalue weighted by molar-refractivity contribution is 0.0950. The first-order valence-corrected chi connectivity index (χ1v) is 7.00. The van der Waals surface area contributed by atoms with Crippen LogP contribution < -0.4 is 10.2 Å². The molecule has 0 aliphatic heterocycles. The monoisotopic (exact) mass is 336 g/mol. The number of anilines is 1. The minimum atomic E-state index is -0.0925. The van der Waals surface area contributed by atoms with E-state index in [0.717, 1.165) is 16.1 Å². The summed E-state index contributed by atoms with van der Waals surface area (Å²) in [6, 6.07) is 7.27. The molecule has 1 aromatic heterocycles. The molecule has 2 aromatic rings. The zero-order valence-corrected chi connectivity index (χ0v) is 13.3. The number of hydrogen-bond donors (Lipinski definition) is 1. The van der Waals surface area contributed by atoms with Crippen LogP contribution in [0, 0.1) is 0 Å². The molecule has 0 saturated carbocycles. The summed E-state index contributed by atoms with van der Waals surface area (Å²) in [4.78, 5) is 18.3. The highest BCUT2D eigenvalue weighted by Crippen LogP contribution is 2.12. The van der Waals surface area contributed by atoms with Gasteiger partial charge < -0.3 is 14.8 Å². The molecule has 106 valence electrons. The molecule has 0 aliphatic carbocycles. The van der Waals surface area contributed by atoms with E-state index in [2.05, 4.69) is 26.2 Å². The van der Waals surface area contributed by atoms with E-state index in [1.54, 1.807) is 18.3 Å². The van der Waals surface area contributed by atoms with Crippen molar-refractivity contribution in [3.05, 3.63) is 46.2 Å². The van der Waals surface area contributed by atoms with Crippen molar-refractivity contribution in [2.75, 3.05) is 19.0 Å². The van der Waals surface area contributed by atoms with Gasteiger partial charge in [-0.05, 0) is 24.3 Å². The fraction of sp³-hybridized carbons (Fsp3) is 0.286. The van der Waals surface area contributed by atoms with Gasteiger partial charge in [0.2, 0.25) is 5.95 Å². The quantitative estimate of drug-likeness (QED) is 0.930. The molecule has 5 nitrogen and oxygen atoms in total. The molecular formula is C14H17BrN4O.